The summed E-state index contributed by atoms with van der Waals surface area (Å²) in [6, 6.07) is 0. The first-order valence-electron chi connectivity index (χ1n) is 4.74. The highest BCUT2D eigenvalue weighted by Gasteiger charge is 2.60. The maximum Gasteiger partial charge on any atom is 0.0257 e. The molecule has 0 nitrogen and oxygen atoms in total. The average molecular weight is 173 g/mol. The van der Waals surface area contributed by atoms with E-state index in [0.29, 0.717) is 0 Å². The van der Waals surface area contributed by atoms with Gasteiger partial charge < -0.3 is 0 Å². The highest BCUT2D eigenvalue weighted by molar-refractivity contribution is 6.18. The Balaban J connectivity index is 1.81. The molecule has 11 heavy (non-hydrogen) atoms. The first kappa shape index (κ1) is 7.91. The Bertz CT molecular complexity index is 156. The van der Waals surface area contributed by atoms with Crippen molar-refractivity contribution in [1.29, 1.82) is 0 Å². The van der Waals surface area contributed by atoms with Gasteiger partial charge in [0.1, 0.15) is 0 Å². The summed E-state index contributed by atoms with van der Waals surface area (Å²) < 4.78 is 0. The zero-order chi connectivity index (χ0) is 8.06. The van der Waals surface area contributed by atoms with Gasteiger partial charge in [0.05, 0.1) is 0 Å². The molecule has 1 spiro atoms. The highest BCUT2D eigenvalue weighted by atomic mass is 35.5. The number of rotatable bonds is 2. The predicted octanol–water partition coefficient (Wildman–Crippen LogP) is 3.30. The summed E-state index contributed by atoms with van der Waals surface area (Å²) in [5, 5.41) is 0. The van der Waals surface area contributed by atoms with Crippen LogP contribution in [0.5, 0.6) is 0 Å². The monoisotopic (exact) mass is 172 g/mol. The minimum absolute atomic E-state index is 0.761. The fourth-order valence-electron chi connectivity index (χ4n) is 2.61. The molecule has 2 saturated carbocycles. The lowest BCUT2D eigenvalue weighted by Crippen LogP contribution is -2.30. The van der Waals surface area contributed by atoms with E-state index < -0.39 is 0 Å². The summed E-state index contributed by atoms with van der Waals surface area (Å²) in [5.41, 5.74) is 0.761. The van der Waals surface area contributed by atoms with Crippen molar-refractivity contribution in [3.05, 3.63) is 0 Å². The van der Waals surface area contributed by atoms with Gasteiger partial charge in [0, 0.05) is 5.88 Å². The molecule has 0 N–H and O–H groups in total. The van der Waals surface area contributed by atoms with E-state index in [4.69, 9.17) is 11.6 Å². The molecule has 0 saturated heterocycles. The molecular weight excluding hydrogens is 156 g/mol. The second-order valence-electron chi connectivity index (χ2n) is 4.83. The third kappa shape index (κ3) is 1.11. The first-order valence-corrected chi connectivity index (χ1v) is 5.27. The van der Waals surface area contributed by atoms with Gasteiger partial charge in [-0.25, -0.2) is 0 Å². The van der Waals surface area contributed by atoms with Crippen LogP contribution in [0.4, 0.5) is 0 Å². The predicted molar refractivity (Wildman–Crippen MR) is 48.8 cm³/mol. The van der Waals surface area contributed by atoms with Crippen LogP contribution in [0.3, 0.4) is 0 Å². The van der Waals surface area contributed by atoms with Gasteiger partial charge in [0.15, 0.2) is 0 Å². The minimum atomic E-state index is 0.761. The summed E-state index contributed by atoms with van der Waals surface area (Å²) in [7, 11) is 0. The van der Waals surface area contributed by atoms with Crippen LogP contribution < -0.4 is 0 Å². The van der Waals surface area contributed by atoms with E-state index in [-0.39, 0.29) is 0 Å². The van der Waals surface area contributed by atoms with Crippen molar-refractivity contribution in [3.63, 3.8) is 0 Å². The van der Waals surface area contributed by atoms with Crippen LogP contribution in [-0.2, 0) is 0 Å². The van der Waals surface area contributed by atoms with Crippen LogP contribution in [0.1, 0.15) is 33.1 Å². The Labute approximate surface area is 74.3 Å². The smallest absolute Gasteiger partial charge is 0.0257 e. The van der Waals surface area contributed by atoms with Gasteiger partial charge in [-0.15, -0.1) is 11.6 Å². The van der Waals surface area contributed by atoms with Crippen LogP contribution in [0.15, 0.2) is 0 Å². The lowest BCUT2D eigenvalue weighted by molar-refractivity contribution is 0.108. The Morgan fingerprint density at radius 2 is 2.00 bits per heavy atom. The summed E-state index contributed by atoms with van der Waals surface area (Å²) in [5.74, 6) is 3.71. The highest BCUT2D eigenvalue weighted by Crippen LogP contribution is 2.69. The third-order valence-corrected chi connectivity index (χ3v) is 4.20. The molecular formula is C10H17Cl. The maximum absolute atomic E-state index is 5.82. The van der Waals surface area contributed by atoms with Gasteiger partial charge in [-0.2, -0.15) is 0 Å². The normalized spacial score (nSPS) is 48.0. The summed E-state index contributed by atoms with van der Waals surface area (Å²) in [4.78, 5) is 0. The van der Waals surface area contributed by atoms with E-state index in [1.54, 1.807) is 0 Å². The molecule has 0 amide bonds. The van der Waals surface area contributed by atoms with E-state index >= 15 is 0 Å². The van der Waals surface area contributed by atoms with E-state index in [0.717, 1.165) is 29.0 Å². The van der Waals surface area contributed by atoms with Gasteiger partial charge in [0.2, 0.25) is 0 Å². The van der Waals surface area contributed by atoms with Crippen molar-refractivity contribution < 1.29 is 0 Å². The van der Waals surface area contributed by atoms with Crippen LogP contribution in [0.2, 0.25) is 0 Å². The molecule has 0 radical (unpaired) electrons. The molecule has 0 aromatic rings. The van der Waals surface area contributed by atoms with Crippen molar-refractivity contribution in [3.8, 4) is 0 Å². The minimum Gasteiger partial charge on any atom is -0.126 e. The molecule has 0 heterocycles. The Kier molecular flexibility index (Phi) is 1.72. The summed E-state index contributed by atoms with van der Waals surface area (Å²) >= 11 is 5.82. The Morgan fingerprint density at radius 1 is 1.36 bits per heavy atom. The lowest BCUT2D eigenvalue weighted by atomic mass is 9.66. The van der Waals surface area contributed by atoms with Crippen molar-refractivity contribution in [2.75, 3.05) is 5.88 Å². The molecule has 1 unspecified atom stereocenters. The van der Waals surface area contributed by atoms with Gasteiger partial charge in [-0.05, 0) is 42.4 Å². The molecule has 1 atom stereocenters. The van der Waals surface area contributed by atoms with Gasteiger partial charge >= 0.3 is 0 Å². The largest absolute Gasteiger partial charge is 0.126 e. The van der Waals surface area contributed by atoms with Gasteiger partial charge in [-0.3, -0.25) is 0 Å². The number of alkyl halides is 1. The van der Waals surface area contributed by atoms with E-state index in [9.17, 15) is 0 Å². The lowest BCUT2D eigenvalue weighted by Gasteiger charge is -2.39. The topological polar surface area (TPSA) is 0 Å². The molecule has 2 rings (SSSR count). The fourth-order valence-corrected chi connectivity index (χ4v) is 3.04. The van der Waals surface area contributed by atoms with Crippen molar-refractivity contribution in [2.45, 2.75) is 33.1 Å². The van der Waals surface area contributed by atoms with Crippen LogP contribution in [-0.4, -0.2) is 5.88 Å². The zero-order valence-electron chi connectivity index (χ0n) is 7.44. The van der Waals surface area contributed by atoms with E-state index in [1.165, 1.54) is 19.3 Å². The quantitative estimate of drug-likeness (QED) is 0.561. The van der Waals surface area contributed by atoms with Crippen LogP contribution in [0, 0.1) is 23.2 Å². The molecule has 1 heteroatoms. The molecule has 0 aliphatic heterocycles. The molecule has 64 valence electrons. The van der Waals surface area contributed by atoms with Crippen LogP contribution in [0.25, 0.3) is 0 Å². The van der Waals surface area contributed by atoms with Crippen molar-refractivity contribution in [2.24, 2.45) is 23.2 Å². The maximum atomic E-state index is 5.82. The SMILES string of the molecule is CC(C)C1CC2(C1)CC2CCl. The standard InChI is InChI=1S/C10H17Cl/c1-7(2)8-3-10(4-8)5-9(10)6-11/h7-9H,3-6H2,1-2H3. The van der Waals surface area contributed by atoms with E-state index in [2.05, 4.69) is 13.8 Å². The number of hydrogen-bond donors (Lipinski definition) is 0. The number of halogens is 1. The molecule has 2 fully saturated rings. The van der Waals surface area contributed by atoms with Crippen molar-refractivity contribution in [1.82, 2.24) is 0 Å². The van der Waals surface area contributed by atoms with Crippen molar-refractivity contribution >= 4 is 11.6 Å². The summed E-state index contributed by atoms with van der Waals surface area (Å²) in [6.45, 7) is 4.69. The van der Waals surface area contributed by atoms with Gasteiger partial charge in [0.25, 0.3) is 0 Å². The molecule has 2 aliphatic carbocycles. The number of hydrogen-bond acceptors (Lipinski definition) is 0. The fraction of sp³-hybridized carbons (Fsp3) is 1.00. The molecule has 0 bridgehead atoms. The second-order valence-corrected chi connectivity index (χ2v) is 5.14. The molecule has 0 aromatic heterocycles. The second kappa shape index (κ2) is 2.39. The zero-order valence-corrected chi connectivity index (χ0v) is 8.19. The average Bonchev–Trinajstić information content (AvgIpc) is 2.57. The molecule has 0 aromatic carbocycles. The first-order chi connectivity index (χ1) is 5.18. The van der Waals surface area contributed by atoms with E-state index in [1.807, 2.05) is 0 Å². The molecule has 2 aliphatic rings. The Morgan fingerprint density at radius 3 is 2.36 bits per heavy atom. The third-order valence-electron chi connectivity index (χ3n) is 3.83. The van der Waals surface area contributed by atoms with Gasteiger partial charge in [-0.1, -0.05) is 13.8 Å². The van der Waals surface area contributed by atoms with Crippen LogP contribution >= 0.6 is 11.6 Å². The Hall–Kier alpha value is 0.290. The summed E-state index contributed by atoms with van der Waals surface area (Å²) in [6.07, 6.45) is 4.38.